The minimum atomic E-state index is -0.698. The van der Waals surface area contributed by atoms with Crippen LogP contribution in [0.1, 0.15) is 11.7 Å². The van der Waals surface area contributed by atoms with Gasteiger partial charge in [0.2, 0.25) is 0 Å². The highest BCUT2D eigenvalue weighted by Crippen LogP contribution is 2.32. The molecule has 5 nitrogen and oxygen atoms in total. The van der Waals surface area contributed by atoms with Gasteiger partial charge in [-0.15, -0.1) is 0 Å². The van der Waals surface area contributed by atoms with Gasteiger partial charge in [0.15, 0.2) is 6.10 Å². The van der Waals surface area contributed by atoms with Crippen LogP contribution >= 0.6 is 0 Å². The molecule has 1 atom stereocenters. The number of benzene rings is 3. The van der Waals surface area contributed by atoms with Crippen LogP contribution in [0.2, 0.25) is 0 Å². The van der Waals surface area contributed by atoms with E-state index in [1.54, 1.807) is 48.5 Å². The van der Waals surface area contributed by atoms with Gasteiger partial charge >= 0.3 is 11.9 Å². The lowest BCUT2D eigenvalue weighted by molar-refractivity contribution is -0.131. The molecule has 148 valence electrons. The number of hydrogen-bond acceptors (Lipinski definition) is 5. The Morgan fingerprint density at radius 1 is 0.667 bits per heavy atom. The predicted molar refractivity (Wildman–Crippen MR) is 111 cm³/mol. The van der Waals surface area contributed by atoms with Crippen molar-refractivity contribution in [2.75, 3.05) is 0 Å². The first-order valence-corrected chi connectivity index (χ1v) is 9.37. The molecule has 0 fully saturated rings. The maximum absolute atomic E-state index is 12.9. The lowest BCUT2D eigenvalue weighted by Gasteiger charge is -2.23. The van der Waals surface area contributed by atoms with Gasteiger partial charge in [0.05, 0.1) is 17.4 Å². The van der Waals surface area contributed by atoms with Crippen LogP contribution in [0.3, 0.4) is 0 Å². The molecule has 0 N–H and O–H groups in total. The largest absolute Gasteiger partial charge is 0.487 e. The summed E-state index contributed by atoms with van der Waals surface area (Å²) in [6.07, 6.45) is 2.07. The minimum absolute atomic E-state index is 0.117. The van der Waals surface area contributed by atoms with Crippen molar-refractivity contribution in [3.05, 3.63) is 120 Å². The van der Waals surface area contributed by atoms with E-state index in [-0.39, 0.29) is 11.1 Å². The summed E-state index contributed by atoms with van der Waals surface area (Å²) in [4.78, 5) is 25.5. The third-order valence-electron chi connectivity index (χ3n) is 4.41. The van der Waals surface area contributed by atoms with Crippen molar-refractivity contribution in [2.45, 2.75) is 6.10 Å². The highest BCUT2D eigenvalue weighted by atomic mass is 16.5. The average molecular weight is 398 g/mol. The molecule has 0 amide bonds. The average Bonchev–Trinajstić information content (AvgIpc) is 2.80. The second kappa shape index (κ2) is 8.92. The van der Waals surface area contributed by atoms with E-state index < -0.39 is 18.0 Å². The van der Waals surface area contributed by atoms with Crippen LogP contribution in [0.15, 0.2) is 114 Å². The zero-order valence-corrected chi connectivity index (χ0v) is 15.9. The summed E-state index contributed by atoms with van der Waals surface area (Å²) in [5.74, 6) is -0.431. The summed E-state index contributed by atoms with van der Waals surface area (Å²) in [5.41, 5.74) is 1.08. The molecule has 0 radical (unpaired) electrons. The fourth-order valence-corrected chi connectivity index (χ4v) is 2.96. The quantitative estimate of drug-likeness (QED) is 0.457. The highest BCUT2D eigenvalue weighted by Gasteiger charge is 2.30. The van der Waals surface area contributed by atoms with E-state index in [1.165, 1.54) is 12.3 Å². The second-order valence-corrected chi connectivity index (χ2v) is 6.50. The number of esters is 2. The predicted octanol–water partition coefficient (Wildman–Crippen LogP) is 4.78. The first kappa shape index (κ1) is 19.2. The number of rotatable bonds is 5. The summed E-state index contributed by atoms with van der Waals surface area (Å²) >= 11 is 0. The fraction of sp³-hybridized carbons (Fsp3) is 0.0400. The number of carbonyl (C=O) groups excluding carboxylic acids is 2. The molecule has 0 spiro atoms. The summed E-state index contributed by atoms with van der Waals surface area (Å²) in [6.45, 7) is 0. The molecular formula is C25H18O5. The van der Waals surface area contributed by atoms with Gasteiger partial charge in [-0.3, -0.25) is 0 Å². The van der Waals surface area contributed by atoms with E-state index >= 15 is 0 Å². The maximum atomic E-state index is 12.9. The minimum Gasteiger partial charge on any atom is -0.487 e. The molecule has 1 aliphatic rings. The van der Waals surface area contributed by atoms with E-state index in [0.717, 1.165) is 5.56 Å². The molecule has 3 aromatic rings. The van der Waals surface area contributed by atoms with Gasteiger partial charge in [0.1, 0.15) is 11.5 Å². The van der Waals surface area contributed by atoms with Crippen LogP contribution in [-0.4, -0.2) is 11.9 Å². The van der Waals surface area contributed by atoms with E-state index in [2.05, 4.69) is 0 Å². The van der Waals surface area contributed by atoms with Gasteiger partial charge in [-0.1, -0.05) is 66.7 Å². The molecule has 0 saturated heterocycles. The molecule has 30 heavy (non-hydrogen) atoms. The third kappa shape index (κ3) is 4.47. The molecule has 0 bridgehead atoms. The van der Waals surface area contributed by atoms with Crippen LogP contribution in [-0.2, 0) is 14.3 Å². The number of carbonyl (C=O) groups is 2. The number of hydrogen-bond donors (Lipinski definition) is 0. The highest BCUT2D eigenvalue weighted by molar-refractivity contribution is 5.99. The zero-order valence-electron chi connectivity index (χ0n) is 15.9. The summed E-state index contributed by atoms with van der Waals surface area (Å²) in [7, 11) is 0. The van der Waals surface area contributed by atoms with Crippen molar-refractivity contribution in [1.82, 2.24) is 0 Å². The van der Waals surface area contributed by atoms with Crippen LogP contribution in [0.25, 0.3) is 0 Å². The smallest absolute Gasteiger partial charge is 0.346 e. The van der Waals surface area contributed by atoms with Crippen LogP contribution < -0.4 is 9.47 Å². The van der Waals surface area contributed by atoms with E-state index in [4.69, 9.17) is 14.2 Å². The van der Waals surface area contributed by atoms with E-state index in [1.807, 2.05) is 42.5 Å². The van der Waals surface area contributed by atoms with Gasteiger partial charge in [-0.25, -0.2) is 9.59 Å². The van der Waals surface area contributed by atoms with Crippen LogP contribution in [0.4, 0.5) is 0 Å². The molecule has 1 aliphatic heterocycles. The van der Waals surface area contributed by atoms with E-state index in [0.29, 0.717) is 11.5 Å². The lowest BCUT2D eigenvalue weighted by atomic mass is 9.97. The molecule has 5 heteroatoms. The summed E-state index contributed by atoms with van der Waals surface area (Å²) in [6, 6.07) is 26.7. The fourth-order valence-electron chi connectivity index (χ4n) is 2.96. The number of para-hydroxylation sites is 2. The Morgan fingerprint density at radius 3 is 1.73 bits per heavy atom. The van der Waals surface area contributed by atoms with Crippen molar-refractivity contribution >= 4 is 11.9 Å². The molecule has 0 saturated carbocycles. The molecule has 1 unspecified atom stereocenters. The van der Waals surface area contributed by atoms with Gasteiger partial charge in [-0.2, -0.15) is 0 Å². The zero-order chi connectivity index (χ0) is 20.8. The summed E-state index contributed by atoms with van der Waals surface area (Å²) < 4.78 is 16.6. The Labute approximate surface area is 173 Å². The SMILES string of the molecule is O=C(Oc1ccccc1)C1=COC(c2ccccc2)C(C(=O)Oc2ccccc2)=C1. The Hall–Kier alpha value is -4.12. The molecule has 1 heterocycles. The normalized spacial score (nSPS) is 15.3. The standard InChI is InChI=1S/C25H18O5/c26-24(29-20-12-6-2-7-13-20)19-16-22(25(27)30-21-14-8-3-9-15-21)23(28-17-19)18-10-4-1-5-11-18/h1-17,23H. The van der Waals surface area contributed by atoms with Crippen molar-refractivity contribution < 1.29 is 23.8 Å². The van der Waals surface area contributed by atoms with Gasteiger partial charge < -0.3 is 14.2 Å². The molecule has 0 aliphatic carbocycles. The molecule has 4 rings (SSSR count). The number of ether oxygens (including phenoxy) is 3. The Morgan fingerprint density at radius 2 is 1.17 bits per heavy atom. The van der Waals surface area contributed by atoms with Crippen molar-refractivity contribution in [3.8, 4) is 11.5 Å². The second-order valence-electron chi connectivity index (χ2n) is 6.50. The van der Waals surface area contributed by atoms with Crippen molar-refractivity contribution in [1.29, 1.82) is 0 Å². The van der Waals surface area contributed by atoms with Gasteiger partial charge in [0, 0.05) is 0 Å². The maximum Gasteiger partial charge on any atom is 0.346 e. The molecule has 3 aromatic carbocycles. The monoisotopic (exact) mass is 398 g/mol. The first-order chi connectivity index (χ1) is 14.7. The lowest BCUT2D eigenvalue weighted by Crippen LogP contribution is -2.23. The topological polar surface area (TPSA) is 61.8 Å². The van der Waals surface area contributed by atoms with Crippen LogP contribution in [0, 0.1) is 0 Å². The Balaban J connectivity index is 1.61. The van der Waals surface area contributed by atoms with E-state index in [9.17, 15) is 9.59 Å². The van der Waals surface area contributed by atoms with Gasteiger partial charge in [0.25, 0.3) is 0 Å². The van der Waals surface area contributed by atoms with Crippen molar-refractivity contribution in [3.63, 3.8) is 0 Å². The van der Waals surface area contributed by atoms with Gasteiger partial charge in [-0.05, 0) is 35.9 Å². The molecule has 0 aromatic heterocycles. The molecular weight excluding hydrogens is 380 g/mol. The third-order valence-corrected chi connectivity index (χ3v) is 4.41. The Bertz CT molecular complexity index is 1090. The van der Waals surface area contributed by atoms with Crippen molar-refractivity contribution in [2.24, 2.45) is 0 Å². The Kier molecular flexibility index (Phi) is 5.71. The van der Waals surface area contributed by atoms with Crippen LogP contribution in [0.5, 0.6) is 11.5 Å². The first-order valence-electron chi connectivity index (χ1n) is 9.37. The summed E-state index contributed by atoms with van der Waals surface area (Å²) in [5, 5.41) is 0.